The highest BCUT2D eigenvalue weighted by atomic mass is 19.3. The predicted octanol–water partition coefficient (Wildman–Crippen LogP) is 2.24. The van der Waals surface area contributed by atoms with Gasteiger partial charge in [0.2, 0.25) is 0 Å². The van der Waals surface area contributed by atoms with Gasteiger partial charge in [-0.2, -0.15) is 8.78 Å². The molecule has 0 unspecified atom stereocenters. The van der Waals surface area contributed by atoms with Crippen LogP contribution in [0.3, 0.4) is 0 Å². The van der Waals surface area contributed by atoms with Crippen LogP contribution in [0.25, 0.3) is 0 Å². The largest absolute Gasteiger partial charge is 0.435 e. The van der Waals surface area contributed by atoms with Gasteiger partial charge in [0.15, 0.2) is 0 Å². The summed E-state index contributed by atoms with van der Waals surface area (Å²) in [4.78, 5) is 14.2. The third kappa shape index (κ3) is 3.90. The molecule has 2 rings (SSSR count). The molecular weight excluding hydrogens is 266 g/mol. The van der Waals surface area contributed by atoms with E-state index in [1.807, 2.05) is 4.90 Å². The minimum Gasteiger partial charge on any atom is -0.435 e. The summed E-state index contributed by atoms with van der Waals surface area (Å²) in [6, 6.07) is 6.09. The number of nitrogens with two attached hydrogens (primary N) is 1. The van der Waals surface area contributed by atoms with Gasteiger partial charge >= 0.3 is 6.61 Å². The third-order valence-electron chi connectivity index (χ3n) is 3.18. The third-order valence-corrected chi connectivity index (χ3v) is 3.18. The topological polar surface area (TPSA) is 55.6 Å². The van der Waals surface area contributed by atoms with Crippen molar-refractivity contribution in [3.63, 3.8) is 0 Å². The molecule has 1 aromatic carbocycles. The molecule has 1 aliphatic rings. The van der Waals surface area contributed by atoms with E-state index >= 15 is 0 Å². The second-order valence-corrected chi connectivity index (χ2v) is 4.77. The van der Waals surface area contributed by atoms with E-state index in [0.29, 0.717) is 24.7 Å². The number of amides is 1. The van der Waals surface area contributed by atoms with E-state index in [2.05, 4.69) is 4.74 Å². The van der Waals surface area contributed by atoms with Crippen LogP contribution in [0, 0.1) is 0 Å². The van der Waals surface area contributed by atoms with Gasteiger partial charge in [0.1, 0.15) is 5.75 Å². The fourth-order valence-corrected chi connectivity index (χ4v) is 2.04. The van der Waals surface area contributed by atoms with E-state index in [0.717, 1.165) is 19.3 Å². The van der Waals surface area contributed by atoms with Gasteiger partial charge < -0.3 is 15.4 Å². The van der Waals surface area contributed by atoms with Gasteiger partial charge in [0.05, 0.1) is 0 Å². The average Bonchev–Trinajstić information content (AvgIpc) is 3.24. The Bertz CT molecular complexity index is 447. The van der Waals surface area contributed by atoms with Gasteiger partial charge in [-0.15, -0.1) is 0 Å². The highest BCUT2D eigenvalue weighted by Gasteiger charge is 2.32. The molecule has 0 bridgehead atoms. The molecule has 1 aromatic rings. The standard InChI is InChI=1S/C14H18F2N2O2/c15-14(16)20-12-6-2-10(3-7-12)13(19)18(9-1-8-17)11-4-5-11/h2-3,6-7,11,14H,1,4-5,8-9,17H2. The van der Waals surface area contributed by atoms with Gasteiger partial charge in [-0.3, -0.25) is 4.79 Å². The predicted molar refractivity (Wildman–Crippen MR) is 70.8 cm³/mol. The summed E-state index contributed by atoms with van der Waals surface area (Å²) in [5.74, 6) is -0.0268. The number of carbonyl (C=O) groups excluding carboxylic acids is 1. The number of carbonyl (C=O) groups is 1. The van der Waals surface area contributed by atoms with Crippen molar-refractivity contribution >= 4 is 5.91 Å². The number of rotatable bonds is 7. The smallest absolute Gasteiger partial charge is 0.387 e. The monoisotopic (exact) mass is 284 g/mol. The molecule has 1 amide bonds. The second-order valence-electron chi connectivity index (χ2n) is 4.77. The summed E-state index contributed by atoms with van der Waals surface area (Å²) in [5.41, 5.74) is 5.96. The molecule has 0 atom stereocenters. The van der Waals surface area contributed by atoms with E-state index in [9.17, 15) is 13.6 Å². The molecule has 4 nitrogen and oxygen atoms in total. The molecule has 1 fully saturated rings. The SMILES string of the molecule is NCCCN(C(=O)c1ccc(OC(F)F)cc1)C1CC1. The molecule has 0 spiro atoms. The molecule has 0 saturated heterocycles. The first-order valence-corrected chi connectivity index (χ1v) is 6.67. The normalized spacial score (nSPS) is 14.4. The average molecular weight is 284 g/mol. The van der Waals surface area contributed by atoms with Gasteiger partial charge in [0.25, 0.3) is 5.91 Å². The Kier molecular flexibility index (Phi) is 4.89. The number of halogens is 2. The molecule has 6 heteroatoms. The number of ether oxygens (including phenoxy) is 1. The Morgan fingerprint density at radius 1 is 1.35 bits per heavy atom. The Morgan fingerprint density at radius 3 is 2.50 bits per heavy atom. The lowest BCUT2D eigenvalue weighted by atomic mass is 10.2. The first-order valence-electron chi connectivity index (χ1n) is 6.67. The Labute approximate surface area is 116 Å². The summed E-state index contributed by atoms with van der Waals surface area (Å²) in [6.45, 7) is -1.68. The molecule has 0 aromatic heterocycles. The van der Waals surface area contributed by atoms with E-state index < -0.39 is 6.61 Å². The molecule has 1 aliphatic carbocycles. The molecule has 20 heavy (non-hydrogen) atoms. The van der Waals surface area contributed by atoms with Crippen molar-refractivity contribution in [1.82, 2.24) is 4.90 Å². The van der Waals surface area contributed by atoms with Crippen molar-refractivity contribution in [1.29, 1.82) is 0 Å². The van der Waals surface area contributed by atoms with Gasteiger partial charge in [-0.25, -0.2) is 0 Å². The summed E-state index contributed by atoms with van der Waals surface area (Å²) >= 11 is 0. The van der Waals surface area contributed by atoms with Crippen LogP contribution in [-0.2, 0) is 0 Å². The fraction of sp³-hybridized carbons (Fsp3) is 0.500. The van der Waals surface area contributed by atoms with Crippen LogP contribution in [0.5, 0.6) is 5.75 Å². The van der Waals surface area contributed by atoms with Gasteiger partial charge in [0, 0.05) is 18.2 Å². The molecule has 0 radical (unpaired) electrons. The van der Waals surface area contributed by atoms with Crippen LogP contribution in [0.2, 0.25) is 0 Å². The minimum absolute atomic E-state index is 0.0523. The summed E-state index contributed by atoms with van der Waals surface area (Å²) in [6.07, 6.45) is 2.79. The zero-order chi connectivity index (χ0) is 14.5. The first-order chi connectivity index (χ1) is 9.61. The molecule has 2 N–H and O–H groups in total. The maximum Gasteiger partial charge on any atom is 0.387 e. The molecule has 1 saturated carbocycles. The minimum atomic E-state index is -2.86. The summed E-state index contributed by atoms with van der Waals surface area (Å²) in [7, 11) is 0. The number of benzene rings is 1. The number of nitrogens with zero attached hydrogens (tertiary/aromatic N) is 1. The first kappa shape index (κ1) is 14.7. The van der Waals surface area contributed by atoms with E-state index in [1.165, 1.54) is 24.3 Å². The van der Waals surface area contributed by atoms with Crippen LogP contribution in [0.15, 0.2) is 24.3 Å². The maximum absolute atomic E-state index is 12.4. The van der Waals surface area contributed by atoms with Crippen molar-refractivity contribution in [2.24, 2.45) is 5.73 Å². The van der Waals surface area contributed by atoms with Crippen molar-refractivity contribution < 1.29 is 18.3 Å². The highest BCUT2D eigenvalue weighted by Crippen LogP contribution is 2.28. The quantitative estimate of drug-likeness (QED) is 0.835. The number of hydrogen-bond donors (Lipinski definition) is 1. The Morgan fingerprint density at radius 2 is 2.00 bits per heavy atom. The van der Waals surface area contributed by atoms with E-state index in [-0.39, 0.29) is 11.7 Å². The highest BCUT2D eigenvalue weighted by molar-refractivity contribution is 5.94. The zero-order valence-electron chi connectivity index (χ0n) is 11.1. The van der Waals surface area contributed by atoms with Crippen LogP contribution in [0.1, 0.15) is 29.6 Å². The van der Waals surface area contributed by atoms with E-state index in [4.69, 9.17) is 5.73 Å². The van der Waals surface area contributed by atoms with Gasteiger partial charge in [-0.1, -0.05) is 0 Å². The number of hydrogen-bond acceptors (Lipinski definition) is 3. The lowest BCUT2D eigenvalue weighted by Gasteiger charge is -2.22. The van der Waals surface area contributed by atoms with Crippen LogP contribution in [0.4, 0.5) is 8.78 Å². The van der Waals surface area contributed by atoms with E-state index in [1.54, 1.807) is 0 Å². The fourth-order valence-electron chi connectivity index (χ4n) is 2.04. The van der Waals surface area contributed by atoms with Gasteiger partial charge in [-0.05, 0) is 50.1 Å². The van der Waals surface area contributed by atoms with Crippen LogP contribution < -0.4 is 10.5 Å². The Hall–Kier alpha value is -1.69. The number of alkyl halides is 2. The van der Waals surface area contributed by atoms with Crippen molar-refractivity contribution in [2.75, 3.05) is 13.1 Å². The second kappa shape index (κ2) is 6.65. The van der Waals surface area contributed by atoms with Crippen molar-refractivity contribution in [3.05, 3.63) is 29.8 Å². The molecule has 110 valence electrons. The molecular formula is C14H18F2N2O2. The van der Waals surface area contributed by atoms with Crippen molar-refractivity contribution in [3.8, 4) is 5.75 Å². The molecule has 0 aliphatic heterocycles. The summed E-state index contributed by atoms with van der Waals surface area (Å²) < 4.78 is 28.4. The lowest BCUT2D eigenvalue weighted by molar-refractivity contribution is -0.0498. The van der Waals surface area contributed by atoms with Crippen LogP contribution >= 0.6 is 0 Å². The van der Waals surface area contributed by atoms with Crippen LogP contribution in [-0.4, -0.2) is 36.5 Å². The maximum atomic E-state index is 12.4. The van der Waals surface area contributed by atoms with Crippen molar-refractivity contribution in [2.45, 2.75) is 31.9 Å². The summed E-state index contributed by atoms with van der Waals surface area (Å²) in [5, 5.41) is 0. The Balaban J connectivity index is 2.02. The lowest BCUT2D eigenvalue weighted by Crippen LogP contribution is -2.34. The zero-order valence-corrected chi connectivity index (χ0v) is 11.1. The molecule has 0 heterocycles.